The number of β-amino-alcohol motifs (C(OH)–C–C–N with tert-alkyl or cyclic N) is 1. The maximum absolute atomic E-state index is 12.3. The lowest BCUT2D eigenvalue weighted by Crippen LogP contribution is -2.38. The second-order valence-corrected chi connectivity index (χ2v) is 7.97. The van der Waals surface area contributed by atoms with Gasteiger partial charge in [0.2, 0.25) is 0 Å². The van der Waals surface area contributed by atoms with Crippen molar-refractivity contribution in [3.8, 4) is 0 Å². The standard InChI is InChI=1S/C18H24N4O2S/c23-17(16-10-25-12-20-16)9-21-5-3-13(4-6-21)8-22-11-19-15(7-18(22)24)14-1-2-14/h7,10-14,17,23H,1-6,8-9H2. The number of likely N-dealkylation sites (tertiary alicyclic amines) is 1. The first kappa shape index (κ1) is 16.9. The zero-order chi connectivity index (χ0) is 17.2. The van der Waals surface area contributed by atoms with Crippen LogP contribution in [-0.2, 0) is 6.54 Å². The highest BCUT2D eigenvalue weighted by Crippen LogP contribution is 2.38. The predicted molar refractivity (Wildman–Crippen MR) is 96.7 cm³/mol. The zero-order valence-electron chi connectivity index (χ0n) is 14.3. The second kappa shape index (κ2) is 7.35. The van der Waals surface area contributed by atoms with E-state index in [4.69, 9.17) is 0 Å². The van der Waals surface area contributed by atoms with Crippen molar-refractivity contribution in [2.24, 2.45) is 5.92 Å². The van der Waals surface area contributed by atoms with Gasteiger partial charge in [-0.05, 0) is 44.7 Å². The third kappa shape index (κ3) is 4.16. The summed E-state index contributed by atoms with van der Waals surface area (Å²) in [6.07, 6.45) is 5.64. The van der Waals surface area contributed by atoms with Gasteiger partial charge >= 0.3 is 0 Å². The molecule has 1 unspecified atom stereocenters. The van der Waals surface area contributed by atoms with E-state index in [9.17, 15) is 9.90 Å². The van der Waals surface area contributed by atoms with E-state index in [1.165, 1.54) is 24.2 Å². The monoisotopic (exact) mass is 360 g/mol. The first-order valence-corrected chi connectivity index (χ1v) is 9.98. The summed E-state index contributed by atoms with van der Waals surface area (Å²) in [7, 11) is 0. The van der Waals surface area contributed by atoms with Crippen LogP contribution >= 0.6 is 11.3 Å². The third-order valence-electron chi connectivity index (χ3n) is 5.28. The van der Waals surface area contributed by atoms with Gasteiger partial charge in [0.25, 0.3) is 5.56 Å². The summed E-state index contributed by atoms with van der Waals surface area (Å²) in [5.74, 6) is 1.02. The molecule has 2 aromatic rings. The van der Waals surface area contributed by atoms with Gasteiger partial charge < -0.3 is 10.0 Å². The van der Waals surface area contributed by atoms with Crippen LogP contribution in [0.3, 0.4) is 0 Å². The molecule has 134 valence electrons. The topological polar surface area (TPSA) is 71.2 Å². The third-order valence-corrected chi connectivity index (χ3v) is 5.89. The SMILES string of the molecule is O=c1cc(C2CC2)ncn1CC1CCN(CC(O)c2cscn2)CC1. The van der Waals surface area contributed by atoms with Crippen LogP contribution in [0, 0.1) is 5.92 Å². The highest BCUT2D eigenvalue weighted by atomic mass is 32.1. The number of aliphatic hydroxyl groups is 1. The summed E-state index contributed by atoms with van der Waals surface area (Å²) in [6.45, 7) is 3.29. The van der Waals surface area contributed by atoms with Crippen LogP contribution in [-0.4, -0.2) is 44.2 Å². The van der Waals surface area contributed by atoms with Crippen LogP contribution in [0.2, 0.25) is 0 Å². The maximum Gasteiger partial charge on any atom is 0.253 e. The molecule has 4 rings (SSSR count). The van der Waals surface area contributed by atoms with E-state index in [0.29, 0.717) is 18.4 Å². The maximum atomic E-state index is 12.3. The Bertz CT molecular complexity index is 749. The van der Waals surface area contributed by atoms with Gasteiger partial charge in [-0.15, -0.1) is 11.3 Å². The molecule has 1 aliphatic heterocycles. The van der Waals surface area contributed by atoms with Crippen molar-refractivity contribution in [1.29, 1.82) is 0 Å². The van der Waals surface area contributed by atoms with Crippen LogP contribution in [0.25, 0.3) is 0 Å². The fraction of sp³-hybridized carbons (Fsp3) is 0.611. The average Bonchev–Trinajstić information content (AvgIpc) is 3.32. The lowest BCUT2D eigenvalue weighted by Gasteiger charge is -2.33. The summed E-state index contributed by atoms with van der Waals surface area (Å²) in [5, 5.41) is 12.1. The van der Waals surface area contributed by atoms with Crippen LogP contribution in [0.15, 0.2) is 28.1 Å². The predicted octanol–water partition coefficient (Wildman–Crippen LogP) is 2.02. The van der Waals surface area contributed by atoms with E-state index >= 15 is 0 Å². The van der Waals surface area contributed by atoms with Crippen molar-refractivity contribution in [1.82, 2.24) is 19.4 Å². The summed E-state index contributed by atoms with van der Waals surface area (Å²) in [5.41, 5.74) is 3.57. The molecular weight excluding hydrogens is 336 g/mol. The molecule has 1 N–H and O–H groups in total. The van der Waals surface area contributed by atoms with Crippen LogP contribution in [0.4, 0.5) is 0 Å². The van der Waals surface area contributed by atoms with Gasteiger partial charge in [0.15, 0.2) is 0 Å². The summed E-state index contributed by atoms with van der Waals surface area (Å²) in [4.78, 5) is 23.2. The Morgan fingerprint density at radius 1 is 1.24 bits per heavy atom. The molecule has 1 saturated carbocycles. The molecule has 0 aromatic carbocycles. The zero-order valence-corrected chi connectivity index (χ0v) is 15.1. The van der Waals surface area contributed by atoms with E-state index in [2.05, 4.69) is 14.9 Å². The van der Waals surface area contributed by atoms with E-state index in [-0.39, 0.29) is 5.56 Å². The van der Waals surface area contributed by atoms with Gasteiger partial charge in [0.1, 0.15) is 6.10 Å². The van der Waals surface area contributed by atoms with Gasteiger partial charge in [0, 0.05) is 30.5 Å². The van der Waals surface area contributed by atoms with E-state index in [0.717, 1.165) is 43.9 Å². The van der Waals surface area contributed by atoms with Crippen molar-refractivity contribution < 1.29 is 5.11 Å². The van der Waals surface area contributed by atoms with E-state index in [1.54, 1.807) is 22.5 Å². The average molecular weight is 360 g/mol. The van der Waals surface area contributed by atoms with Gasteiger partial charge in [-0.2, -0.15) is 0 Å². The Morgan fingerprint density at radius 2 is 2.04 bits per heavy atom. The summed E-state index contributed by atoms with van der Waals surface area (Å²) >= 11 is 1.51. The first-order chi connectivity index (χ1) is 12.2. The van der Waals surface area contributed by atoms with Crippen molar-refractivity contribution >= 4 is 11.3 Å². The van der Waals surface area contributed by atoms with Crippen LogP contribution in [0.1, 0.15) is 49.1 Å². The first-order valence-electron chi connectivity index (χ1n) is 9.04. The molecule has 3 heterocycles. The lowest BCUT2D eigenvalue weighted by atomic mass is 9.96. The Kier molecular flexibility index (Phi) is 4.96. The normalized spacial score (nSPS) is 20.7. The fourth-order valence-corrected chi connectivity index (χ4v) is 4.13. The summed E-state index contributed by atoms with van der Waals surface area (Å²) < 4.78 is 1.76. The van der Waals surface area contributed by atoms with E-state index < -0.39 is 6.10 Å². The summed E-state index contributed by atoms with van der Waals surface area (Å²) in [6, 6.07) is 1.72. The van der Waals surface area contributed by atoms with Crippen LogP contribution < -0.4 is 5.56 Å². The molecule has 1 atom stereocenters. The quantitative estimate of drug-likeness (QED) is 0.853. The largest absolute Gasteiger partial charge is 0.385 e. The Labute approximate surface area is 151 Å². The molecule has 0 bridgehead atoms. The van der Waals surface area contributed by atoms with Crippen molar-refractivity contribution in [2.75, 3.05) is 19.6 Å². The number of thiazole rings is 1. The van der Waals surface area contributed by atoms with Gasteiger partial charge in [-0.1, -0.05) is 0 Å². The highest BCUT2D eigenvalue weighted by molar-refractivity contribution is 7.07. The molecule has 7 heteroatoms. The number of nitrogens with zero attached hydrogens (tertiary/aromatic N) is 4. The number of piperidine rings is 1. The second-order valence-electron chi connectivity index (χ2n) is 7.25. The lowest BCUT2D eigenvalue weighted by molar-refractivity contribution is 0.0843. The van der Waals surface area contributed by atoms with Gasteiger partial charge in [0.05, 0.1) is 23.2 Å². The van der Waals surface area contributed by atoms with Crippen molar-refractivity contribution in [3.63, 3.8) is 0 Å². The molecule has 0 spiro atoms. The Hall–Kier alpha value is -1.57. The molecule has 2 aliphatic rings. The van der Waals surface area contributed by atoms with Crippen molar-refractivity contribution in [3.05, 3.63) is 45.0 Å². The molecule has 1 saturated heterocycles. The molecule has 2 fully saturated rings. The molecule has 0 radical (unpaired) electrons. The molecular formula is C18H24N4O2S. The fourth-order valence-electron chi connectivity index (χ4n) is 3.53. The number of aromatic nitrogens is 3. The van der Waals surface area contributed by atoms with Gasteiger partial charge in [-0.25, -0.2) is 9.97 Å². The van der Waals surface area contributed by atoms with Crippen LogP contribution in [0.5, 0.6) is 0 Å². The smallest absolute Gasteiger partial charge is 0.253 e. The minimum Gasteiger partial charge on any atom is -0.385 e. The molecule has 2 aromatic heterocycles. The molecule has 1 aliphatic carbocycles. The number of rotatable bonds is 6. The van der Waals surface area contributed by atoms with Gasteiger partial charge in [-0.3, -0.25) is 9.36 Å². The Balaban J connectivity index is 1.28. The number of aliphatic hydroxyl groups excluding tert-OH is 1. The molecule has 25 heavy (non-hydrogen) atoms. The van der Waals surface area contributed by atoms with Crippen molar-refractivity contribution in [2.45, 2.75) is 44.2 Å². The minimum atomic E-state index is -0.510. The number of hydrogen-bond acceptors (Lipinski definition) is 6. The Morgan fingerprint density at radius 3 is 2.68 bits per heavy atom. The molecule has 0 amide bonds. The minimum absolute atomic E-state index is 0.0817. The van der Waals surface area contributed by atoms with E-state index in [1.807, 2.05) is 5.38 Å². The molecule has 6 nitrogen and oxygen atoms in total. The highest BCUT2D eigenvalue weighted by Gasteiger charge is 2.26. The number of hydrogen-bond donors (Lipinski definition) is 1.